The molecule has 0 radical (unpaired) electrons. The summed E-state index contributed by atoms with van der Waals surface area (Å²) in [5.41, 5.74) is -1.26. The Morgan fingerprint density at radius 3 is 2.83 bits per heavy atom. The third-order valence-electron chi connectivity index (χ3n) is 3.98. The van der Waals surface area contributed by atoms with Crippen molar-refractivity contribution in [3.8, 4) is 11.3 Å². The molecule has 0 aliphatic carbocycles. The molecular formula is C16H17F2N3O3. The molecule has 2 N–H and O–H groups in total. The molecule has 2 heterocycles. The monoisotopic (exact) mass is 337 g/mol. The lowest BCUT2D eigenvalue weighted by atomic mass is 10.1. The van der Waals surface area contributed by atoms with Crippen LogP contribution < -0.4 is 5.32 Å². The van der Waals surface area contributed by atoms with Crippen molar-refractivity contribution in [2.75, 3.05) is 13.1 Å². The number of nitrogens with zero attached hydrogens (tertiary/aromatic N) is 2. The van der Waals surface area contributed by atoms with Crippen molar-refractivity contribution in [2.45, 2.75) is 25.0 Å². The minimum absolute atomic E-state index is 0.0370. The standard InChI is InChI=1S/C16H17F2N3O3/c17-14(18)16(23)6-7-21(10-16)15(22)20-9-13-19-8-12(24-13)11-4-2-1-3-5-11/h1-5,8,14,23H,6-7,9-10H2,(H,20,22). The van der Waals surface area contributed by atoms with Gasteiger partial charge in [-0.15, -0.1) is 0 Å². The summed E-state index contributed by atoms with van der Waals surface area (Å²) in [6, 6.07) is 8.84. The fourth-order valence-corrected chi connectivity index (χ4v) is 2.56. The number of oxazole rings is 1. The first kappa shape index (κ1) is 16.4. The number of benzene rings is 1. The molecule has 0 bridgehead atoms. The summed E-state index contributed by atoms with van der Waals surface area (Å²) >= 11 is 0. The summed E-state index contributed by atoms with van der Waals surface area (Å²) in [6.45, 7) is -0.278. The van der Waals surface area contributed by atoms with Crippen molar-refractivity contribution in [1.29, 1.82) is 0 Å². The number of nitrogens with one attached hydrogen (secondary N) is 1. The van der Waals surface area contributed by atoms with Gasteiger partial charge >= 0.3 is 6.03 Å². The van der Waals surface area contributed by atoms with E-state index in [9.17, 15) is 18.7 Å². The number of likely N-dealkylation sites (tertiary alicyclic amines) is 1. The number of rotatable bonds is 4. The summed E-state index contributed by atoms with van der Waals surface area (Å²) in [6.07, 6.45) is -1.47. The van der Waals surface area contributed by atoms with Crippen molar-refractivity contribution in [1.82, 2.24) is 15.2 Å². The quantitative estimate of drug-likeness (QED) is 0.897. The zero-order chi connectivity index (χ0) is 17.2. The van der Waals surface area contributed by atoms with E-state index in [-0.39, 0.29) is 19.5 Å². The van der Waals surface area contributed by atoms with Gasteiger partial charge in [-0.05, 0) is 0 Å². The van der Waals surface area contributed by atoms with Crippen LogP contribution in [0.5, 0.6) is 0 Å². The number of β-amino-alcohol motifs (C(OH)–C–C–N with tert-alkyl or cyclic N) is 1. The summed E-state index contributed by atoms with van der Waals surface area (Å²) in [7, 11) is 0. The Hall–Kier alpha value is -2.48. The Bertz CT molecular complexity index is 708. The molecule has 0 spiro atoms. The lowest BCUT2D eigenvalue weighted by Crippen LogP contribution is -2.44. The van der Waals surface area contributed by atoms with E-state index in [4.69, 9.17) is 4.42 Å². The van der Waals surface area contributed by atoms with Crippen LogP contribution in [0.15, 0.2) is 40.9 Å². The molecule has 128 valence electrons. The number of amides is 2. The van der Waals surface area contributed by atoms with Crippen molar-refractivity contribution >= 4 is 6.03 Å². The number of hydrogen-bond acceptors (Lipinski definition) is 4. The van der Waals surface area contributed by atoms with E-state index in [1.54, 1.807) is 6.20 Å². The third-order valence-corrected chi connectivity index (χ3v) is 3.98. The largest absolute Gasteiger partial charge is 0.439 e. The molecule has 1 aromatic heterocycles. The first-order valence-electron chi connectivity index (χ1n) is 7.51. The topological polar surface area (TPSA) is 78.6 Å². The Labute approximate surface area is 137 Å². The Morgan fingerprint density at radius 2 is 2.17 bits per heavy atom. The van der Waals surface area contributed by atoms with Gasteiger partial charge in [0.05, 0.1) is 19.3 Å². The first-order chi connectivity index (χ1) is 11.5. The van der Waals surface area contributed by atoms with Gasteiger partial charge in [-0.1, -0.05) is 30.3 Å². The number of aromatic nitrogens is 1. The van der Waals surface area contributed by atoms with Crippen LogP contribution in [0.2, 0.25) is 0 Å². The molecule has 1 aliphatic rings. The number of hydrogen-bond donors (Lipinski definition) is 2. The first-order valence-corrected chi connectivity index (χ1v) is 7.51. The maximum Gasteiger partial charge on any atom is 0.317 e. The van der Waals surface area contributed by atoms with E-state index in [2.05, 4.69) is 10.3 Å². The van der Waals surface area contributed by atoms with Gasteiger partial charge in [0, 0.05) is 18.5 Å². The summed E-state index contributed by atoms with van der Waals surface area (Å²) in [5, 5.41) is 12.3. The molecule has 24 heavy (non-hydrogen) atoms. The fraction of sp³-hybridized carbons (Fsp3) is 0.375. The number of carbonyl (C=O) groups excluding carboxylic acids is 1. The number of halogens is 2. The molecule has 3 rings (SSSR count). The molecule has 1 saturated heterocycles. The second-order valence-electron chi connectivity index (χ2n) is 5.72. The lowest BCUT2D eigenvalue weighted by Gasteiger charge is -2.22. The SMILES string of the molecule is O=C(NCc1ncc(-c2ccccc2)o1)N1CCC(O)(C(F)F)C1. The minimum Gasteiger partial charge on any atom is -0.439 e. The molecule has 1 unspecified atom stereocenters. The van der Waals surface area contributed by atoms with E-state index in [0.29, 0.717) is 11.7 Å². The van der Waals surface area contributed by atoms with Gasteiger partial charge in [0.15, 0.2) is 5.76 Å². The molecular weight excluding hydrogens is 320 g/mol. The second kappa shape index (κ2) is 6.56. The van der Waals surface area contributed by atoms with Crippen molar-refractivity contribution in [2.24, 2.45) is 0 Å². The Morgan fingerprint density at radius 1 is 1.42 bits per heavy atom. The van der Waals surface area contributed by atoms with Gasteiger partial charge in [0.25, 0.3) is 6.43 Å². The highest BCUT2D eigenvalue weighted by Crippen LogP contribution is 2.27. The van der Waals surface area contributed by atoms with Gasteiger partial charge in [0.1, 0.15) is 5.60 Å². The highest BCUT2D eigenvalue weighted by Gasteiger charge is 2.45. The average molecular weight is 337 g/mol. The van der Waals surface area contributed by atoms with E-state index in [0.717, 1.165) is 10.5 Å². The summed E-state index contributed by atoms with van der Waals surface area (Å²) < 4.78 is 31.0. The molecule has 1 aliphatic heterocycles. The van der Waals surface area contributed by atoms with Crippen molar-refractivity contribution in [3.63, 3.8) is 0 Å². The van der Waals surface area contributed by atoms with Gasteiger partial charge in [-0.3, -0.25) is 0 Å². The molecule has 8 heteroatoms. The fourth-order valence-electron chi connectivity index (χ4n) is 2.56. The van der Waals surface area contributed by atoms with E-state index in [1.807, 2.05) is 30.3 Å². The van der Waals surface area contributed by atoms with Crippen LogP contribution >= 0.6 is 0 Å². The highest BCUT2D eigenvalue weighted by atomic mass is 19.3. The number of carbonyl (C=O) groups is 1. The van der Waals surface area contributed by atoms with Crippen LogP contribution in [0.4, 0.5) is 13.6 Å². The second-order valence-corrected chi connectivity index (χ2v) is 5.72. The van der Waals surface area contributed by atoms with Gasteiger partial charge in [0.2, 0.25) is 5.89 Å². The average Bonchev–Trinajstić information content (AvgIpc) is 3.21. The maximum atomic E-state index is 12.7. The molecule has 2 amide bonds. The predicted molar refractivity (Wildman–Crippen MR) is 81.3 cm³/mol. The van der Waals surface area contributed by atoms with Crippen LogP contribution in [0.3, 0.4) is 0 Å². The number of aliphatic hydroxyl groups is 1. The van der Waals surface area contributed by atoms with E-state index < -0.39 is 24.6 Å². The normalized spacial score (nSPS) is 20.6. The molecule has 1 aromatic carbocycles. The van der Waals surface area contributed by atoms with Gasteiger partial charge in [-0.2, -0.15) is 0 Å². The predicted octanol–water partition coefficient (Wildman–Crippen LogP) is 2.25. The Kier molecular flexibility index (Phi) is 4.48. The van der Waals surface area contributed by atoms with Crippen molar-refractivity contribution in [3.05, 3.63) is 42.4 Å². The van der Waals surface area contributed by atoms with Crippen LogP contribution in [0, 0.1) is 0 Å². The highest BCUT2D eigenvalue weighted by molar-refractivity contribution is 5.74. The van der Waals surface area contributed by atoms with Crippen LogP contribution in [-0.2, 0) is 6.54 Å². The number of alkyl halides is 2. The zero-order valence-electron chi connectivity index (χ0n) is 12.8. The minimum atomic E-state index is -2.88. The maximum absolute atomic E-state index is 12.7. The number of urea groups is 1. The lowest BCUT2D eigenvalue weighted by molar-refractivity contribution is -0.0852. The van der Waals surface area contributed by atoms with Crippen LogP contribution in [0.1, 0.15) is 12.3 Å². The van der Waals surface area contributed by atoms with E-state index in [1.165, 1.54) is 0 Å². The molecule has 1 atom stereocenters. The van der Waals surface area contributed by atoms with Crippen LogP contribution in [0.25, 0.3) is 11.3 Å². The smallest absolute Gasteiger partial charge is 0.317 e. The summed E-state index contributed by atoms with van der Waals surface area (Å²) in [5.74, 6) is 0.888. The van der Waals surface area contributed by atoms with E-state index >= 15 is 0 Å². The van der Waals surface area contributed by atoms with Crippen molar-refractivity contribution < 1.29 is 23.1 Å². The molecule has 0 saturated carbocycles. The molecule has 2 aromatic rings. The zero-order valence-corrected chi connectivity index (χ0v) is 12.8. The van der Waals surface area contributed by atoms with Gasteiger partial charge < -0.3 is 19.7 Å². The Balaban J connectivity index is 1.55. The molecule has 6 nitrogen and oxygen atoms in total. The summed E-state index contributed by atoms with van der Waals surface area (Å²) in [4.78, 5) is 17.2. The van der Waals surface area contributed by atoms with Gasteiger partial charge in [-0.25, -0.2) is 18.6 Å². The molecule has 1 fully saturated rings. The third kappa shape index (κ3) is 3.38. The van der Waals surface area contributed by atoms with Crippen LogP contribution in [-0.4, -0.2) is 46.1 Å².